The monoisotopic (exact) mass is 374 g/mol. The molecule has 1 unspecified atom stereocenters. The lowest BCUT2D eigenvalue weighted by molar-refractivity contribution is 0.0951. The van der Waals surface area contributed by atoms with Crippen molar-refractivity contribution in [2.75, 3.05) is 13.7 Å². The van der Waals surface area contributed by atoms with E-state index >= 15 is 0 Å². The summed E-state index contributed by atoms with van der Waals surface area (Å²) < 4.78 is 7.06. The summed E-state index contributed by atoms with van der Waals surface area (Å²) in [5.74, 6) is 0.183. The van der Waals surface area contributed by atoms with E-state index in [9.17, 15) is 4.79 Å². The minimum atomic E-state index is -0.261. The Hall–Kier alpha value is -3.59. The second-order valence-electron chi connectivity index (χ2n) is 6.55. The van der Waals surface area contributed by atoms with Crippen LogP contribution in [0.25, 0.3) is 11.3 Å². The molecular formula is C22H22N4O2. The summed E-state index contributed by atoms with van der Waals surface area (Å²) in [6.07, 6.45) is 1.74. The summed E-state index contributed by atoms with van der Waals surface area (Å²) in [6, 6.07) is 19.5. The van der Waals surface area contributed by atoms with E-state index in [-0.39, 0.29) is 18.4 Å². The Bertz CT molecular complexity index is 989. The van der Waals surface area contributed by atoms with Gasteiger partial charge >= 0.3 is 0 Å². The van der Waals surface area contributed by atoms with E-state index in [2.05, 4.69) is 16.5 Å². The maximum absolute atomic E-state index is 12.8. The number of hydrogen-bond acceptors (Lipinski definition) is 4. The van der Waals surface area contributed by atoms with Crippen LogP contribution in [0.15, 0.2) is 60.8 Å². The summed E-state index contributed by atoms with van der Waals surface area (Å²) in [6.45, 7) is 2.61. The minimum Gasteiger partial charge on any atom is -0.497 e. The van der Waals surface area contributed by atoms with E-state index in [0.29, 0.717) is 23.6 Å². The van der Waals surface area contributed by atoms with Crippen molar-refractivity contribution in [1.29, 1.82) is 5.26 Å². The number of rotatable bonds is 7. The van der Waals surface area contributed by atoms with Gasteiger partial charge in [0.25, 0.3) is 5.91 Å². The van der Waals surface area contributed by atoms with Crippen LogP contribution in [0.4, 0.5) is 0 Å². The van der Waals surface area contributed by atoms with Crippen molar-refractivity contribution in [2.24, 2.45) is 5.92 Å². The molecule has 0 spiro atoms. The highest BCUT2D eigenvalue weighted by molar-refractivity contribution is 5.99. The van der Waals surface area contributed by atoms with Crippen molar-refractivity contribution in [3.05, 3.63) is 71.9 Å². The summed E-state index contributed by atoms with van der Waals surface area (Å²) in [5, 5.41) is 16.4. The summed E-state index contributed by atoms with van der Waals surface area (Å²) in [5.41, 5.74) is 2.93. The molecule has 6 heteroatoms. The fourth-order valence-corrected chi connectivity index (χ4v) is 2.81. The molecule has 0 saturated heterocycles. The second-order valence-corrected chi connectivity index (χ2v) is 6.55. The Morgan fingerprint density at radius 3 is 2.75 bits per heavy atom. The first-order valence-electron chi connectivity index (χ1n) is 9.04. The normalized spacial score (nSPS) is 11.5. The third kappa shape index (κ3) is 4.57. The molecule has 1 amide bonds. The molecule has 0 aliphatic carbocycles. The van der Waals surface area contributed by atoms with Crippen LogP contribution in [-0.4, -0.2) is 29.3 Å². The smallest absolute Gasteiger partial charge is 0.255 e. The molecule has 142 valence electrons. The number of amides is 1. The largest absolute Gasteiger partial charge is 0.497 e. The molecule has 2 aromatic carbocycles. The molecule has 6 nitrogen and oxygen atoms in total. The molecule has 0 fully saturated rings. The summed E-state index contributed by atoms with van der Waals surface area (Å²) in [4.78, 5) is 12.8. The van der Waals surface area contributed by atoms with Crippen molar-refractivity contribution in [3.63, 3.8) is 0 Å². The van der Waals surface area contributed by atoms with Gasteiger partial charge in [-0.05, 0) is 24.6 Å². The topological polar surface area (TPSA) is 79.9 Å². The summed E-state index contributed by atoms with van der Waals surface area (Å²) in [7, 11) is 1.60. The molecule has 0 aliphatic rings. The highest BCUT2D eigenvalue weighted by Gasteiger charge is 2.19. The second kappa shape index (κ2) is 8.87. The van der Waals surface area contributed by atoms with Crippen LogP contribution in [0.2, 0.25) is 0 Å². The zero-order chi connectivity index (χ0) is 19.9. The maximum atomic E-state index is 12.8. The summed E-state index contributed by atoms with van der Waals surface area (Å²) >= 11 is 0. The van der Waals surface area contributed by atoms with E-state index in [1.165, 1.54) is 0 Å². The molecule has 1 heterocycles. The molecular weight excluding hydrogens is 352 g/mol. The van der Waals surface area contributed by atoms with Gasteiger partial charge in [-0.25, -0.2) is 0 Å². The number of nitriles is 1. The number of carbonyl (C=O) groups is 1. The van der Waals surface area contributed by atoms with Crippen LogP contribution in [-0.2, 0) is 6.54 Å². The minimum absolute atomic E-state index is 0.251. The number of nitrogens with zero attached hydrogens (tertiary/aromatic N) is 3. The highest BCUT2D eigenvalue weighted by Crippen LogP contribution is 2.26. The number of aromatic nitrogens is 2. The molecule has 3 aromatic rings. The third-order valence-corrected chi connectivity index (χ3v) is 4.33. The number of benzene rings is 2. The van der Waals surface area contributed by atoms with Crippen molar-refractivity contribution >= 4 is 5.91 Å². The van der Waals surface area contributed by atoms with E-state index in [0.717, 1.165) is 11.1 Å². The van der Waals surface area contributed by atoms with E-state index in [1.807, 2.05) is 54.6 Å². The first kappa shape index (κ1) is 19.2. The molecule has 1 atom stereocenters. The lowest BCUT2D eigenvalue weighted by atomic mass is 10.1. The molecule has 0 bridgehead atoms. The van der Waals surface area contributed by atoms with Gasteiger partial charge in [-0.3, -0.25) is 9.48 Å². The van der Waals surface area contributed by atoms with Gasteiger partial charge in [0, 0.05) is 18.3 Å². The number of hydrogen-bond donors (Lipinski definition) is 1. The number of nitrogens with one attached hydrogen (secondary N) is 1. The van der Waals surface area contributed by atoms with Crippen molar-refractivity contribution in [1.82, 2.24) is 15.1 Å². The van der Waals surface area contributed by atoms with Gasteiger partial charge in [0.05, 0.1) is 31.2 Å². The lowest BCUT2D eigenvalue weighted by Crippen LogP contribution is -2.27. The Kier molecular flexibility index (Phi) is 6.07. The van der Waals surface area contributed by atoms with E-state index in [4.69, 9.17) is 10.00 Å². The van der Waals surface area contributed by atoms with Gasteiger partial charge in [-0.2, -0.15) is 10.4 Å². The van der Waals surface area contributed by atoms with Crippen molar-refractivity contribution in [3.8, 4) is 23.1 Å². The first-order valence-corrected chi connectivity index (χ1v) is 9.04. The highest BCUT2D eigenvalue weighted by atomic mass is 16.5. The predicted molar refractivity (Wildman–Crippen MR) is 107 cm³/mol. The molecule has 0 saturated carbocycles. The third-order valence-electron chi connectivity index (χ3n) is 4.33. The van der Waals surface area contributed by atoms with Gasteiger partial charge in [-0.1, -0.05) is 42.5 Å². The zero-order valence-corrected chi connectivity index (χ0v) is 15.9. The first-order chi connectivity index (χ1) is 13.6. The fraction of sp³-hybridized carbons (Fsp3) is 0.227. The Morgan fingerprint density at radius 2 is 2.04 bits per heavy atom. The fourth-order valence-electron chi connectivity index (χ4n) is 2.81. The predicted octanol–water partition coefficient (Wildman–Crippen LogP) is 3.50. The SMILES string of the molecule is COc1cccc(-c2nn(Cc3ccccc3)cc2C(=O)NCC(C)C#N)c1. The number of carbonyl (C=O) groups excluding carboxylic acids is 1. The van der Waals surface area contributed by atoms with Gasteiger partial charge in [0.15, 0.2) is 0 Å². The Labute approximate surface area is 164 Å². The molecule has 0 aliphatic heterocycles. The molecule has 1 aromatic heterocycles. The zero-order valence-electron chi connectivity index (χ0n) is 15.9. The van der Waals surface area contributed by atoms with Crippen molar-refractivity contribution < 1.29 is 9.53 Å². The standard InChI is InChI=1S/C22H22N4O2/c1-16(12-23)13-24-22(27)20-15-26(14-17-7-4-3-5-8-17)25-21(20)18-9-6-10-19(11-18)28-2/h3-11,15-16H,13-14H2,1-2H3,(H,24,27). The number of ether oxygens (including phenoxy) is 1. The van der Waals surface area contributed by atoms with Gasteiger partial charge in [0.1, 0.15) is 11.4 Å². The van der Waals surface area contributed by atoms with Crippen LogP contribution < -0.4 is 10.1 Å². The van der Waals surface area contributed by atoms with Crippen LogP contribution in [0, 0.1) is 17.2 Å². The molecule has 0 radical (unpaired) electrons. The van der Waals surface area contributed by atoms with E-state index < -0.39 is 0 Å². The average molecular weight is 374 g/mol. The molecule has 28 heavy (non-hydrogen) atoms. The number of methoxy groups -OCH3 is 1. The lowest BCUT2D eigenvalue weighted by Gasteiger charge is -2.07. The molecule has 1 N–H and O–H groups in total. The van der Waals surface area contributed by atoms with Crippen molar-refractivity contribution in [2.45, 2.75) is 13.5 Å². The Morgan fingerprint density at radius 1 is 1.25 bits per heavy atom. The van der Waals surface area contributed by atoms with Crippen LogP contribution >= 0.6 is 0 Å². The maximum Gasteiger partial charge on any atom is 0.255 e. The average Bonchev–Trinajstić information content (AvgIpc) is 3.16. The van der Waals surface area contributed by atoms with Crippen LogP contribution in [0.1, 0.15) is 22.8 Å². The van der Waals surface area contributed by atoms with Gasteiger partial charge in [0.2, 0.25) is 0 Å². The van der Waals surface area contributed by atoms with Crippen LogP contribution in [0.5, 0.6) is 5.75 Å². The van der Waals surface area contributed by atoms with E-state index in [1.54, 1.807) is 24.9 Å². The Balaban J connectivity index is 1.95. The van der Waals surface area contributed by atoms with Crippen LogP contribution in [0.3, 0.4) is 0 Å². The quantitative estimate of drug-likeness (QED) is 0.686. The molecule has 3 rings (SSSR count). The van der Waals surface area contributed by atoms with Gasteiger partial charge in [-0.15, -0.1) is 0 Å². The van der Waals surface area contributed by atoms with Gasteiger partial charge < -0.3 is 10.1 Å².